The number of aryl methyl sites for hydroxylation is 1. The first-order valence-corrected chi connectivity index (χ1v) is 6.61. The third kappa shape index (κ3) is 3.91. The van der Waals surface area contributed by atoms with E-state index in [-0.39, 0.29) is 6.04 Å². The van der Waals surface area contributed by atoms with Crippen molar-refractivity contribution in [2.24, 2.45) is 5.73 Å². The van der Waals surface area contributed by atoms with Gasteiger partial charge in [0, 0.05) is 6.04 Å². The Labute approximate surface area is 110 Å². The smallest absolute Gasteiger partial charge is 0.122 e. The summed E-state index contributed by atoms with van der Waals surface area (Å²) in [6.45, 7) is 4.19. The van der Waals surface area contributed by atoms with E-state index in [1.807, 2.05) is 6.92 Å². The number of benzene rings is 1. The van der Waals surface area contributed by atoms with Crippen LogP contribution in [0, 0.1) is 0 Å². The van der Waals surface area contributed by atoms with E-state index in [2.05, 4.69) is 19.1 Å². The van der Waals surface area contributed by atoms with Gasteiger partial charge in [0.05, 0.1) is 14.2 Å². The van der Waals surface area contributed by atoms with Gasteiger partial charge >= 0.3 is 0 Å². The SMILES string of the molecule is CCCCc1cc(OC)c(C[C@@H](C)N)cc1OC. The fourth-order valence-electron chi connectivity index (χ4n) is 2.09. The molecule has 18 heavy (non-hydrogen) atoms. The van der Waals surface area contributed by atoms with Crippen molar-refractivity contribution < 1.29 is 9.47 Å². The normalized spacial score (nSPS) is 12.3. The quantitative estimate of drug-likeness (QED) is 0.810. The van der Waals surface area contributed by atoms with Gasteiger partial charge in [-0.2, -0.15) is 0 Å². The van der Waals surface area contributed by atoms with Crippen molar-refractivity contribution in [3.63, 3.8) is 0 Å². The van der Waals surface area contributed by atoms with Crippen LogP contribution in [0.1, 0.15) is 37.8 Å². The van der Waals surface area contributed by atoms with Gasteiger partial charge in [0.15, 0.2) is 0 Å². The van der Waals surface area contributed by atoms with Crippen molar-refractivity contribution in [3.8, 4) is 11.5 Å². The molecule has 1 rings (SSSR count). The predicted octanol–water partition coefficient (Wildman–Crippen LogP) is 2.94. The average molecular weight is 251 g/mol. The molecule has 0 heterocycles. The van der Waals surface area contributed by atoms with Crippen LogP contribution in [0.4, 0.5) is 0 Å². The Morgan fingerprint density at radius 1 is 1.11 bits per heavy atom. The molecule has 2 N–H and O–H groups in total. The van der Waals surface area contributed by atoms with Crippen LogP contribution in [-0.4, -0.2) is 20.3 Å². The molecule has 0 aromatic heterocycles. The Kier molecular flexibility index (Phi) is 5.99. The van der Waals surface area contributed by atoms with Gasteiger partial charge in [0.25, 0.3) is 0 Å². The highest BCUT2D eigenvalue weighted by atomic mass is 16.5. The molecule has 0 radical (unpaired) electrons. The molecule has 102 valence electrons. The van der Waals surface area contributed by atoms with Crippen molar-refractivity contribution in [2.75, 3.05) is 14.2 Å². The Balaban J connectivity index is 3.06. The largest absolute Gasteiger partial charge is 0.496 e. The molecule has 0 fully saturated rings. The second kappa shape index (κ2) is 7.27. The lowest BCUT2D eigenvalue weighted by Gasteiger charge is -2.16. The maximum atomic E-state index is 5.86. The number of ether oxygens (including phenoxy) is 2. The van der Waals surface area contributed by atoms with Gasteiger partial charge in [-0.3, -0.25) is 0 Å². The third-order valence-electron chi connectivity index (χ3n) is 3.03. The van der Waals surface area contributed by atoms with Crippen LogP contribution in [0.25, 0.3) is 0 Å². The molecule has 1 atom stereocenters. The third-order valence-corrected chi connectivity index (χ3v) is 3.03. The zero-order valence-electron chi connectivity index (χ0n) is 12.0. The van der Waals surface area contributed by atoms with Crippen molar-refractivity contribution >= 4 is 0 Å². The molecule has 0 spiro atoms. The van der Waals surface area contributed by atoms with Crippen molar-refractivity contribution in [1.82, 2.24) is 0 Å². The van der Waals surface area contributed by atoms with Crippen LogP contribution in [0.5, 0.6) is 11.5 Å². The summed E-state index contributed by atoms with van der Waals surface area (Å²) in [5.41, 5.74) is 8.19. The first kappa shape index (κ1) is 14.8. The molecule has 0 aliphatic rings. The fraction of sp³-hybridized carbons (Fsp3) is 0.600. The molecular weight excluding hydrogens is 226 g/mol. The zero-order valence-corrected chi connectivity index (χ0v) is 12.0. The summed E-state index contributed by atoms with van der Waals surface area (Å²) in [7, 11) is 3.42. The lowest BCUT2D eigenvalue weighted by atomic mass is 10.0. The summed E-state index contributed by atoms with van der Waals surface area (Å²) in [5, 5.41) is 0. The molecule has 0 saturated heterocycles. The highest BCUT2D eigenvalue weighted by Crippen LogP contribution is 2.30. The Morgan fingerprint density at radius 3 is 2.17 bits per heavy atom. The summed E-state index contributed by atoms with van der Waals surface area (Å²) in [4.78, 5) is 0. The minimum absolute atomic E-state index is 0.116. The fourth-order valence-corrected chi connectivity index (χ4v) is 2.09. The Bertz CT molecular complexity index is 375. The second-order valence-corrected chi connectivity index (χ2v) is 4.76. The molecule has 3 heteroatoms. The van der Waals surface area contributed by atoms with E-state index in [0.29, 0.717) is 0 Å². The summed E-state index contributed by atoms with van der Waals surface area (Å²) in [5.74, 6) is 1.86. The summed E-state index contributed by atoms with van der Waals surface area (Å²) in [6, 6.07) is 4.27. The summed E-state index contributed by atoms with van der Waals surface area (Å²) < 4.78 is 10.9. The van der Waals surface area contributed by atoms with Gasteiger partial charge in [-0.05, 0) is 49.4 Å². The van der Waals surface area contributed by atoms with Gasteiger partial charge in [-0.1, -0.05) is 13.3 Å². The number of rotatable bonds is 7. The topological polar surface area (TPSA) is 44.5 Å². The molecule has 3 nitrogen and oxygen atoms in total. The van der Waals surface area contributed by atoms with Gasteiger partial charge in [0.2, 0.25) is 0 Å². The number of nitrogens with two attached hydrogens (primary N) is 1. The summed E-state index contributed by atoms with van der Waals surface area (Å²) in [6.07, 6.45) is 4.15. The van der Waals surface area contributed by atoms with Crippen LogP contribution >= 0.6 is 0 Å². The van der Waals surface area contributed by atoms with Gasteiger partial charge < -0.3 is 15.2 Å². The molecule has 1 aromatic rings. The summed E-state index contributed by atoms with van der Waals surface area (Å²) >= 11 is 0. The highest BCUT2D eigenvalue weighted by Gasteiger charge is 2.12. The van der Waals surface area contributed by atoms with Crippen LogP contribution in [0.3, 0.4) is 0 Å². The number of hydrogen-bond acceptors (Lipinski definition) is 3. The number of methoxy groups -OCH3 is 2. The van der Waals surface area contributed by atoms with Crippen LogP contribution in [0.15, 0.2) is 12.1 Å². The Hall–Kier alpha value is -1.22. The number of unbranched alkanes of at least 4 members (excludes halogenated alkanes) is 1. The molecule has 0 bridgehead atoms. The Morgan fingerprint density at radius 2 is 1.67 bits per heavy atom. The molecular formula is C15H25NO2. The monoisotopic (exact) mass is 251 g/mol. The van der Waals surface area contributed by atoms with Gasteiger partial charge in [-0.25, -0.2) is 0 Å². The minimum Gasteiger partial charge on any atom is -0.496 e. The van der Waals surface area contributed by atoms with Gasteiger partial charge in [0.1, 0.15) is 11.5 Å². The predicted molar refractivity (Wildman–Crippen MR) is 75.5 cm³/mol. The molecule has 1 aromatic carbocycles. The van der Waals surface area contributed by atoms with E-state index in [1.165, 1.54) is 12.0 Å². The number of hydrogen-bond donors (Lipinski definition) is 1. The molecule has 0 aliphatic carbocycles. The molecule has 0 aliphatic heterocycles. The minimum atomic E-state index is 0.116. The van der Waals surface area contributed by atoms with Crippen molar-refractivity contribution in [1.29, 1.82) is 0 Å². The van der Waals surface area contributed by atoms with E-state index in [9.17, 15) is 0 Å². The van der Waals surface area contributed by atoms with E-state index in [4.69, 9.17) is 15.2 Å². The first-order valence-electron chi connectivity index (χ1n) is 6.61. The van der Waals surface area contributed by atoms with Gasteiger partial charge in [-0.15, -0.1) is 0 Å². The first-order chi connectivity index (χ1) is 8.62. The zero-order chi connectivity index (χ0) is 13.5. The maximum absolute atomic E-state index is 5.86. The molecule has 0 saturated carbocycles. The molecule has 0 unspecified atom stereocenters. The highest BCUT2D eigenvalue weighted by molar-refractivity contribution is 5.47. The van der Waals surface area contributed by atoms with E-state index in [0.717, 1.165) is 36.3 Å². The second-order valence-electron chi connectivity index (χ2n) is 4.76. The van der Waals surface area contributed by atoms with Crippen LogP contribution in [0.2, 0.25) is 0 Å². The van der Waals surface area contributed by atoms with E-state index < -0.39 is 0 Å². The van der Waals surface area contributed by atoms with E-state index in [1.54, 1.807) is 14.2 Å². The maximum Gasteiger partial charge on any atom is 0.122 e. The van der Waals surface area contributed by atoms with E-state index >= 15 is 0 Å². The standard InChI is InChI=1S/C15H25NO2/c1-5-6-7-12-9-15(18-4)13(8-11(2)16)10-14(12)17-3/h9-11H,5-8,16H2,1-4H3/t11-/m1/s1. The molecule has 0 amide bonds. The van der Waals surface area contributed by atoms with Crippen molar-refractivity contribution in [3.05, 3.63) is 23.3 Å². The lowest BCUT2D eigenvalue weighted by Crippen LogP contribution is -2.18. The average Bonchev–Trinajstić information content (AvgIpc) is 2.35. The van der Waals surface area contributed by atoms with Crippen LogP contribution in [-0.2, 0) is 12.8 Å². The van der Waals surface area contributed by atoms with Crippen molar-refractivity contribution in [2.45, 2.75) is 45.6 Å². The lowest BCUT2D eigenvalue weighted by molar-refractivity contribution is 0.393. The van der Waals surface area contributed by atoms with Crippen LogP contribution < -0.4 is 15.2 Å².